The number of carboxylic acids is 1. The van der Waals surface area contributed by atoms with Crippen LogP contribution in [0.1, 0.15) is 50.1 Å². The highest BCUT2D eigenvalue weighted by atomic mass is 35.5. The number of halogens is 1. The fourth-order valence-corrected chi connectivity index (χ4v) is 2.34. The quantitative estimate of drug-likeness (QED) is 0.898. The number of carbonyl (C=O) groups excluding carboxylic acids is 1. The molecule has 6 heteroatoms. The van der Waals surface area contributed by atoms with Crippen LogP contribution in [0.5, 0.6) is 0 Å². The number of rotatable bonds is 4. The third-order valence-electron chi connectivity index (χ3n) is 3.38. The molecule has 1 saturated carbocycles. The summed E-state index contributed by atoms with van der Waals surface area (Å²) in [4.78, 5) is 23.6. The molecule has 2 rings (SSSR count). The van der Waals surface area contributed by atoms with Gasteiger partial charge in [0.15, 0.2) is 0 Å². The molecule has 1 amide bonds. The predicted octanol–water partition coefficient (Wildman–Crippen LogP) is 2.71. The Morgan fingerprint density at radius 2 is 2.05 bits per heavy atom. The van der Waals surface area contributed by atoms with Gasteiger partial charge in [-0.2, -0.15) is 0 Å². The van der Waals surface area contributed by atoms with Gasteiger partial charge in [0.05, 0.1) is 5.02 Å². The standard InChI is InChI=1S/C14H19ClN2O3/c1-14(2,3)11(13(19)20)16-12(18)10-6-8(15)7-17(10)9-4-5-9/h6-7,9,11H,4-5H2,1-3H3,(H,16,18)(H,19,20)/t11-/m1/s1. The van der Waals surface area contributed by atoms with Gasteiger partial charge in [0, 0.05) is 12.2 Å². The van der Waals surface area contributed by atoms with E-state index in [1.54, 1.807) is 33.0 Å². The van der Waals surface area contributed by atoms with Crippen LogP contribution in [0, 0.1) is 5.41 Å². The second kappa shape index (κ2) is 5.13. The lowest BCUT2D eigenvalue weighted by molar-refractivity contribution is -0.142. The van der Waals surface area contributed by atoms with E-state index in [-0.39, 0.29) is 0 Å². The van der Waals surface area contributed by atoms with Crippen molar-refractivity contribution in [2.75, 3.05) is 0 Å². The molecular formula is C14H19ClN2O3. The Balaban J connectivity index is 2.21. The van der Waals surface area contributed by atoms with Crippen LogP contribution in [-0.4, -0.2) is 27.6 Å². The third kappa shape index (κ3) is 3.15. The van der Waals surface area contributed by atoms with Gasteiger partial charge in [0.1, 0.15) is 11.7 Å². The van der Waals surface area contributed by atoms with Crippen molar-refractivity contribution in [3.63, 3.8) is 0 Å². The van der Waals surface area contributed by atoms with E-state index in [1.807, 2.05) is 4.57 Å². The molecule has 0 aliphatic heterocycles. The van der Waals surface area contributed by atoms with Crippen molar-refractivity contribution in [1.82, 2.24) is 9.88 Å². The summed E-state index contributed by atoms with van der Waals surface area (Å²) >= 11 is 5.95. The molecule has 0 spiro atoms. The highest BCUT2D eigenvalue weighted by Gasteiger charge is 2.34. The lowest BCUT2D eigenvalue weighted by atomic mass is 9.86. The zero-order valence-electron chi connectivity index (χ0n) is 11.8. The summed E-state index contributed by atoms with van der Waals surface area (Å²) in [5.74, 6) is -1.44. The van der Waals surface area contributed by atoms with Gasteiger partial charge in [0.2, 0.25) is 0 Å². The van der Waals surface area contributed by atoms with Gasteiger partial charge >= 0.3 is 5.97 Å². The minimum absolute atomic E-state index is 0.307. The van der Waals surface area contributed by atoms with Crippen molar-refractivity contribution in [3.05, 3.63) is 23.0 Å². The molecule has 0 unspecified atom stereocenters. The largest absolute Gasteiger partial charge is 0.480 e. The topological polar surface area (TPSA) is 71.3 Å². The fraction of sp³-hybridized carbons (Fsp3) is 0.571. The molecule has 2 N–H and O–H groups in total. The molecule has 110 valence electrons. The molecule has 1 fully saturated rings. The van der Waals surface area contributed by atoms with Crippen LogP contribution in [0.2, 0.25) is 5.02 Å². The van der Waals surface area contributed by atoms with E-state index < -0.39 is 23.3 Å². The molecule has 1 atom stereocenters. The van der Waals surface area contributed by atoms with Crippen molar-refractivity contribution in [3.8, 4) is 0 Å². The molecule has 1 aromatic heterocycles. The lowest BCUT2D eigenvalue weighted by Gasteiger charge is -2.27. The van der Waals surface area contributed by atoms with Crippen LogP contribution in [0.15, 0.2) is 12.3 Å². The van der Waals surface area contributed by atoms with Crippen molar-refractivity contribution in [2.45, 2.75) is 45.7 Å². The number of aromatic nitrogens is 1. The minimum atomic E-state index is -1.04. The molecule has 1 aliphatic rings. The van der Waals surface area contributed by atoms with Gasteiger partial charge in [-0.3, -0.25) is 4.79 Å². The molecular weight excluding hydrogens is 280 g/mol. The molecule has 0 aromatic carbocycles. The number of nitrogens with one attached hydrogen (secondary N) is 1. The van der Waals surface area contributed by atoms with E-state index in [0.717, 1.165) is 12.8 Å². The number of carbonyl (C=O) groups is 2. The molecule has 0 radical (unpaired) electrons. The Hall–Kier alpha value is -1.49. The Bertz CT molecular complexity index is 541. The zero-order valence-corrected chi connectivity index (χ0v) is 12.6. The van der Waals surface area contributed by atoms with Gasteiger partial charge in [0.25, 0.3) is 5.91 Å². The predicted molar refractivity (Wildman–Crippen MR) is 76.1 cm³/mol. The monoisotopic (exact) mass is 298 g/mol. The number of hydrogen-bond acceptors (Lipinski definition) is 2. The molecule has 20 heavy (non-hydrogen) atoms. The second-order valence-corrected chi connectivity index (χ2v) is 6.73. The molecule has 0 saturated heterocycles. The van der Waals surface area contributed by atoms with Crippen LogP contribution in [-0.2, 0) is 4.79 Å². The SMILES string of the molecule is CC(C)(C)[C@H](NC(=O)c1cc(Cl)cn1C1CC1)C(=O)O. The average Bonchev–Trinajstić information content (AvgIpc) is 3.07. The summed E-state index contributed by atoms with van der Waals surface area (Å²) in [6.07, 6.45) is 3.76. The summed E-state index contributed by atoms with van der Waals surface area (Å²) in [6.45, 7) is 5.33. The van der Waals surface area contributed by atoms with Crippen molar-refractivity contribution in [1.29, 1.82) is 0 Å². The molecule has 1 aliphatic carbocycles. The van der Waals surface area contributed by atoms with Gasteiger partial charge in [-0.05, 0) is 24.3 Å². The van der Waals surface area contributed by atoms with Crippen molar-refractivity contribution >= 4 is 23.5 Å². The minimum Gasteiger partial charge on any atom is -0.480 e. The first-order valence-corrected chi connectivity index (χ1v) is 6.99. The average molecular weight is 299 g/mol. The molecule has 1 aromatic rings. The number of amides is 1. The third-order valence-corrected chi connectivity index (χ3v) is 3.58. The van der Waals surface area contributed by atoms with Gasteiger partial charge in [-0.15, -0.1) is 0 Å². The first-order valence-electron chi connectivity index (χ1n) is 6.61. The van der Waals surface area contributed by atoms with Gasteiger partial charge in [-0.25, -0.2) is 4.79 Å². The Kier molecular flexibility index (Phi) is 3.82. The van der Waals surface area contributed by atoms with Crippen LogP contribution in [0.3, 0.4) is 0 Å². The first-order chi connectivity index (χ1) is 9.20. The highest BCUT2D eigenvalue weighted by molar-refractivity contribution is 6.31. The van der Waals surface area contributed by atoms with Crippen molar-refractivity contribution in [2.24, 2.45) is 5.41 Å². The molecule has 0 bridgehead atoms. The van der Waals surface area contributed by atoms with E-state index in [4.69, 9.17) is 11.6 Å². The van der Waals surface area contributed by atoms with Crippen LogP contribution in [0.25, 0.3) is 0 Å². The summed E-state index contributed by atoms with van der Waals surface area (Å²) in [5.41, 5.74) is -0.143. The summed E-state index contributed by atoms with van der Waals surface area (Å²) in [5, 5.41) is 12.3. The van der Waals surface area contributed by atoms with Crippen LogP contribution < -0.4 is 5.32 Å². The highest BCUT2D eigenvalue weighted by Crippen LogP contribution is 2.37. The maximum absolute atomic E-state index is 12.3. The number of aliphatic carboxylic acids is 1. The first kappa shape index (κ1) is 14.9. The summed E-state index contributed by atoms with van der Waals surface area (Å²) in [7, 11) is 0. The Morgan fingerprint density at radius 3 is 2.50 bits per heavy atom. The van der Waals surface area contributed by atoms with E-state index in [1.165, 1.54) is 0 Å². The smallest absolute Gasteiger partial charge is 0.326 e. The summed E-state index contributed by atoms with van der Waals surface area (Å²) in [6, 6.07) is 0.939. The number of nitrogens with zero attached hydrogens (tertiary/aromatic N) is 1. The number of carboxylic acid groups (broad SMARTS) is 1. The summed E-state index contributed by atoms with van der Waals surface area (Å²) < 4.78 is 1.83. The Labute approximate surface area is 122 Å². The van der Waals surface area contributed by atoms with E-state index in [0.29, 0.717) is 16.8 Å². The fourth-order valence-electron chi connectivity index (χ4n) is 2.14. The second-order valence-electron chi connectivity index (χ2n) is 6.29. The molecule has 5 nitrogen and oxygen atoms in total. The van der Waals surface area contributed by atoms with Gasteiger partial charge < -0.3 is 15.0 Å². The lowest BCUT2D eigenvalue weighted by Crippen LogP contribution is -2.49. The zero-order chi connectivity index (χ0) is 15.1. The number of hydrogen-bond donors (Lipinski definition) is 2. The normalized spacial score (nSPS) is 16.8. The van der Waals surface area contributed by atoms with Gasteiger partial charge in [-0.1, -0.05) is 32.4 Å². The van der Waals surface area contributed by atoms with Crippen LogP contribution >= 0.6 is 11.6 Å². The van der Waals surface area contributed by atoms with E-state index >= 15 is 0 Å². The maximum atomic E-state index is 12.3. The van der Waals surface area contributed by atoms with Crippen molar-refractivity contribution < 1.29 is 14.7 Å². The van der Waals surface area contributed by atoms with Crippen LogP contribution in [0.4, 0.5) is 0 Å². The molecule has 1 heterocycles. The van der Waals surface area contributed by atoms with E-state index in [9.17, 15) is 14.7 Å². The Morgan fingerprint density at radius 1 is 1.45 bits per heavy atom. The maximum Gasteiger partial charge on any atom is 0.326 e. The van der Waals surface area contributed by atoms with E-state index in [2.05, 4.69) is 5.32 Å².